The number of piperazine rings is 1. The quantitative estimate of drug-likeness (QED) is 0.831. The largest absolute Gasteiger partial charge is 0.488 e. The lowest BCUT2D eigenvalue weighted by molar-refractivity contribution is -0.138. The normalized spacial score (nSPS) is 17.3. The molecule has 1 atom stereocenters. The van der Waals surface area contributed by atoms with Crippen molar-refractivity contribution < 1.29 is 14.3 Å². The number of rotatable bonds is 5. The van der Waals surface area contributed by atoms with Crippen molar-refractivity contribution in [3.05, 3.63) is 65.7 Å². The fourth-order valence-electron chi connectivity index (χ4n) is 3.21. The van der Waals surface area contributed by atoms with Gasteiger partial charge in [0.15, 0.2) is 0 Å². The number of nitrogens with zero attached hydrogens (tertiary/aromatic N) is 2. The molecule has 0 saturated carbocycles. The molecular formula is C21H24N2O3. The first-order valence-corrected chi connectivity index (χ1v) is 8.93. The van der Waals surface area contributed by atoms with Crippen LogP contribution >= 0.6 is 0 Å². The Morgan fingerprint density at radius 3 is 2.50 bits per heavy atom. The molecule has 2 aromatic carbocycles. The molecule has 2 aromatic rings. The van der Waals surface area contributed by atoms with Crippen LogP contribution in [0.3, 0.4) is 0 Å². The number of benzene rings is 2. The van der Waals surface area contributed by atoms with Gasteiger partial charge in [0.1, 0.15) is 18.4 Å². The highest BCUT2D eigenvalue weighted by atomic mass is 16.5. The molecule has 0 spiro atoms. The molecule has 5 nitrogen and oxygen atoms in total. The molecule has 5 heteroatoms. The third-order valence-electron chi connectivity index (χ3n) is 4.72. The summed E-state index contributed by atoms with van der Waals surface area (Å²) in [6, 6.07) is 16.7. The van der Waals surface area contributed by atoms with Gasteiger partial charge in [0, 0.05) is 20.1 Å². The highest BCUT2D eigenvalue weighted by Crippen LogP contribution is 2.24. The molecule has 0 bridgehead atoms. The molecule has 136 valence electrons. The van der Waals surface area contributed by atoms with Crippen LogP contribution < -0.4 is 4.74 Å². The minimum Gasteiger partial charge on any atom is -0.488 e. The Balaban J connectivity index is 1.80. The molecule has 1 aliphatic heterocycles. The van der Waals surface area contributed by atoms with Gasteiger partial charge in [-0.2, -0.15) is 0 Å². The summed E-state index contributed by atoms with van der Waals surface area (Å²) in [5, 5.41) is 0. The summed E-state index contributed by atoms with van der Waals surface area (Å²) >= 11 is 0. The zero-order valence-corrected chi connectivity index (χ0v) is 15.2. The average molecular weight is 352 g/mol. The number of amides is 2. The molecular weight excluding hydrogens is 328 g/mol. The van der Waals surface area contributed by atoms with Crippen molar-refractivity contribution in [1.82, 2.24) is 9.80 Å². The molecule has 0 radical (unpaired) electrons. The van der Waals surface area contributed by atoms with Crippen LogP contribution in [0.5, 0.6) is 5.75 Å². The second kappa shape index (κ2) is 8.04. The Labute approximate surface area is 154 Å². The van der Waals surface area contributed by atoms with Crippen molar-refractivity contribution in [2.75, 3.05) is 20.1 Å². The van der Waals surface area contributed by atoms with E-state index < -0.39 is 6.04 Å². The van der Waals surface area contributed by atoms with Crippen LogP contribution in [-0.4, -0.2) is 47.8 Å². The van der Waals surface area contributed by atoms with Crippen molar-refractivity contribution in [1.29, 1.82) is 0 Å². The Kier molecular flexibility index (Phi) is 5.56. The van der Waals surface area contributed by atoms with Crippen LogP contribution in [0, 0.1) is 0 Å². The molecule has 1 heterocycles. The van der Waals surface area contributed by atoms with Gasteiger partial charge in [-0.05, 0) is 24.1 Å². The Bertz CT molecular complexity index is 776. The Hall–Kier alpha value is -2.82. The van der Waals surface area contributed by atoms with E-state index in [0.29, 0.717) is 37.4 Å². The first kappa shape index (κ1) is 18.0. The van der Waals surface area contributed by atoms with E-state index in [9.17, 15) is 9.59 Å². The third kappa shape index (κ3) is 3.72. The van der Waals surface area contributed by atoms with Crippen LogP contribution in [0.15, 0.2) is 54.6 Å². The van der Waals surface area contributed by atoms with E-state index in [1.807, 2.05) is 49.4 Å². The SMILES string of the molecule is CCC1C(=O)N(C)CCN1C(=O)c1ccccc1OCc1ccccc1. The van der Waals surface area contributed by atoms with Gasteiger partial charge in [-0.15, -0.1) is 0 Å². The van der Waals surface area contributed by atoms with Crippen molar-refractivity contribution in [2.45, 2.75) is 26.0 Å². The number of hydrogen-bond donors (Lipinski definition) is 0. The van der Waals surface area contributed by atoms with E-state index in [-0.39, 0.29) is 11.8 Å². The van der Waals surface area contributed by atoms with Crippen molar-refractivity contribution in [3.8, 4) is 5.75 Å². The van der Waals surface area contributed by atoms with E-state index in [4.69, 9.17) is 4.74 Å². The van der Waals surface area contributed by atoms with Crippen LogP contribution in [0.2, 0.25) is 0 Å². The van der Waals surface area contributed by atoms with Crippen molar-refractivity contribution in [2.24, 2.45) is 0 Å². The lowest BCUT2D eigenvalue weighted by Crippen LogP contribution is -2.57. The summed E-state index contributed by atoms with van der Waals surface area (Å²) in [5.74, 6) is 0.388. The average Bonchev–Trinajstić information content (AvgIpc) is 2.69. The molecule has 26 heavy (non-hydrogen) atoms. The molecule has 1 saturated heterocycles. The first-order chi connectivity index (χ1) is 12.6. The monoisotopic (exact) mass is 352 g/mol. The van der Waals surface area contributed by atoms with Gasteiger partial charge in [0.25, 0.3) is 5.91 Å². The lowest BCUT2D eigenvalue weighted by atomic mass is 10.1. The fourth-order valence-corrected chi connectivity index (χ4v) is 3.21. The predicted octanol–water partition coefficient (Wildman–Crippen LogP) is 2.96. The van der Waals surface area contributed by atoms with Crippen LogP contribution in [0.1, 0.15) is 29.3 Å². The van der Waals surface area contributed by atoms with E-state index in [2.05, 4.69) is 0 Å². The second-order valence-electron chi connectivity index (χ2n) is 6.45. The summed E-state index contributed by atoms with van der Waals surface area (Å²) in [7, 11) is 1.78. The maximum absolute atomic E-state index is 13.1. The summed E-state index contributed by atoms with van der Waals surface area (Å²) in [6.07, 6.45) is 0.599. The minimum atomic E-state index is -0.413. The van der Waals surface area contributed by atoms with E-state index in [1.165, 1.54) is 0 Å². The van der Waals surface area contributed by atoms with E-state index in [1.54, 1.807) is 29.0 Å². The Morgan fingerprint density at radius 2 is 1.77 bits per heavy atom. The highest BCUT2D eigenvalue weighted by molar-refractivity contribution is 6.00. The summed E-state index contributed by atoms with van der Waals surface area (Å²) in [6.45, 7) is 3.41. The number of para-hydroxylation sites is 1. The number of hydrogen-bond acceptors (Lipinski definition) is 3. The van der Waals surface area contributed by atoms with Crippen molar-refractivity contribution in [3.63, 3.8) is 0 Å². The van der Waals surface area contributed by atoms with Gasteiger partial charge < -0.3 is 14.5 Å². The number of likely N-dealkylation sites (N-methyl/N-ethyl adjacent to an activating group) is 1. The molecule has 0 aliphatic carbocycles. The standard InChI is InChI=1S/C21H24N2O3/c1-3-18-21(25)22(2)13-14-23(18)20(24)17-11-7-8-12-19(17)26-15-16-9-5-4-6-10-16/h4-12,18H,3,13-15H2,1-2H3. The zero-order chi connectivity index (χ0) is 18.5. The fraction of sp³-hybridized carbons (Fsp3) is 0.333. The summed E-state index contributed by atoms with van der Waals surface area (Å²) in [4.78, 5) is 28.9. The zero-order valence-electron chi connectivity index (χ0n) is 15.2. The maximum atomic E-state index is 13.1. The lowest BCUT2D eigenvalue weighted by Gasteiger charge is -2.39. The van der Waals surface area contributed by atoms with Crippen LogP contribution in [0.4, 0.5) is 0 Å². The molecule has 0 aromatic heterocycles. The molecule has 0 N–H and O–H groups in total. The smallest absolute Gasteiger partial charge is 0.258 e. The minimum absolute atomic E-state index is 0.00483. The summed E-state index contributed by atoms with van der Waals surface area (Å²) in [5.41, 5.74) is 1.54. The first-order valence-electron chi connectivity index (χ1n) is 8.93. The highest BCUT2D eigenvalue weighted by Gasteiger charge is 2.35. The van der Waals surface area contributed by atoms with Gasteiger partial charge in [-0.3, -0.25) is 9.59 Å². The molecule has 1 aliphatic rings. The van der Waals surface area contributed by atoms with E-state index in [0.717, 1.165) is 5.56 Å². The van der Waals surface area contributed by atoms with Gasteiger partial charge in [-0.1, -0.05) is 49.4 Å². The van der Waals surface area contributed by atoms with Gasteiger partial charge in [0.05, 0.1) is 5.56 Å². The number of ether oxygens (including phenoxy) is 1. The topological polar surface area (TPSA) is 49.9 Å². The predicted molar refractivity (Wildman–Crippen MR) is 100.0 cm³/mol. The van der Waals surface area contributed by atoms with Crippen molar-refractivity contribution >= 4 is 11.8 Å². The van der Waals surface area contributed by atoms with Gasteiger partial charge in [-0.25, -0.2) is 0 Å². The van der Waals surface area contributed by atoms with Gasteiger partial charge in [0.2, 0.25) is 5.91 Å². The van der Waals surface area contributed by atoms with Gasteiger partial charge >= 0.3 is 0 Å². The molecule has 3 rings (SSSR count). The molecule has 1 unspecified atom stereocenters. The van der Waals surface area contributed by atoms with E-state index >= 15 is 0 Å². The summed E-state index contributed by atoms with van der Waals surface area (Å²) < 4.78 is 5.91. The number of carbonyl (C=O) groups excluding carboxylic acids is 2. The van der Waals surface area contributed by atoms with Crippen LogP contribution in [0.25, 0.3) is 0 Å². The maximum Gasteiger partial charge on any atom is 0.258 e. The Morgan fingerprint density at radius 1 is 1.08 bits per heavy atom. The second-order valence-corrected chi connectivity index (χ2v) is 6.45. The molecule has 2 amide bonds. The number of carbonyl (C=O) groups is 2. The third-order valence-corrected chi connectivity index (χ3v) is 4.72. The molecule has 1 fully saturated rings. The van der Waals surface area contributed by atoms with Crippen LogP contribution in [-0.2, 0) is 11.4 Å².